The molecule has 118 valence electrons. The maximum Gasteiger partial charge on any atom is 0.0857 e. The fourth-order valence-electron chi connectivity index (χ4n) is 3.96. The number of piperidine rings is 1. The Labute approximate surface area is 128 Å². The third kappa shape index (κ3) is 4.06. The summed E-state index contributed by atoms with van der Waals surface area (Å²) in [6.45, 7) is 7.15. The first-order chi connectivity index (χ1) is 10.3. The van der Waals surface area contributed by atoms with Crippen molar-refractivity contribution in [2.45, 2.75) is 70.8 Å². The van der Waals surface area contributed by atoms with Crippen LogP contribution in [-0.2, 0) is 6.54 Å². The van der Waals surface area contributed by atoms with Crippen LogP contribution < -0.4 is 0 Å². The quantitative estimate of drug-likeness (QED) is 0.804. The lowest BCUT2D eigenvalue weighted by Crippen LogP contribution is -2.37. The second-order valence-corrected chi connectivity index (χ2v) is 7.01. The molecule has 3 rings (SSSR count). The summed E-state index contributed by atoms with van der Waals surface area (Å²) in [5.41, 5.74) is 1.24. The van der Waals surface area contributed by atoms with Gasteiger partial charge in [0, 0.05) is 25.2 Å². The molecule has 1 aliphatic heterocycles. The van der Waals surface area contributed by atoms with Crippen molar-refractivity contribution in [3.63, 3.8) is 0 Å². The molecular formula is C17H30N4. The fourth-order valence-corrected chi connectivity index (χ4v) is 3.96. The largest absolute Gasteiger partial charge is 0.303 e. The molecular weight excluding hydrogens is 260 g/mol. The predicted octanol–water partition coefficient (Wildman–Crippen LogP) is 3.45. The first-order valence-corrected chi connectivity index (χ1v) is 8.97. The first-order valence-electron chi connectivity index (χ1n) is 8.97. The lowest BCUT2D eigenvalue weighted by Gasteiger charge is -2.32. The van der Waals surface area contributed by atoms with Crippen LogP contribution >= 0.6 is 0 Å². The molecule has 0 aromatic carbocycles. The standard InChI is InChI=1S/C17H30N4/c1-2-3-10-20-11-6-7-15(12-20)13-21-14-17(18-19-21)16-8-4-5-9-16/h14-16H,2-13H2,1H3/t15-/m1/s1. The summed E-state index contributed by atoms with van der Waals surface area (Å²) in [6, 6.07) is 0. The summed E-state index contributed by atoms with van der Waals surface area (Å²) >= 11 is 0. The zero-order chi connectivity index (χ0) is 14.5. The second kappa shape index (κ2) is 7.39. The molecule has 0 unspecified atom stereocenters. The molecule has 2 heterocycles. The van der Waals surface area contributed by atoms with Crippen LogP contribution in [0.3, 0.4) is 0 Å². The highest BCUT2D eigenvalue weighted by atomic mass is 15.4. The molecule has 1 aromatic heterocycles. The van der Waals surface area contributed by atoms with Crippen LogP contribution in [0.1, 0.15) is 69.9 Å². The average Bonchev–Trinajstić information content (AvgIpc) is 3.16. The first kappa shape index (κ1) is 15.0. The minimum Gasteiger partial charge on any atom is -0.303 e. The molecule has 2 fully saturated rings. The van der Waals surface area contributed by atoms with Gasteiger partial charge in [0.25, 0.3) is 0 Å². The normalized spacial score (nSPS) is 24.7. The zero-order valence-electron chi connectivity index (χ0n) is 13.5. The van der Waals surface area contributed by atoms with Crippen molar-refractivity contribution in [3.05, 3.63) is 11.9 Å². The molecule has 21 heavy (non-hydrogen) atoms. The summed E-state index contributed by atoms with van der Waals surface area (Å²) < 4.78 is 2.11. The van der Waals surface area contributed by atoms with Gasteiger partial charge in [-0.2, -0.15) is 0 Å². The van der Waals surface area contributed by atoms with E-state index < -0.39 is 0 Å². The van der Waals surface area contributed by atoms with Gasteiger partial charge in [-0.15, -0.1) is 5.10 Å². The van der Waals surface area contributed by atoms with E-state index in [-0.39, 0.29) is 0 Å². The number of unbranched alkanes of at least 4 members (excludes halogenated alkanes) is 1. The van der Waals surface area contributed by atoms with Crippen molar-refractivity contribution < 1.29 is 0 Å². The van der Waals surface area contributed by atoms with Crippen LogP contribution in [0.4, 0.5) is 0 Å². The minimum atomic E-state index is 0.686. The Balaban J connectivity index is 1.51. The Morgan fingerprint density at radius 1 is 1.19 bits per heavy atom. The number of nitrogens with zero attached hydrogens (tertiary/aromatic N) is 4. The highest BCUT2D eigenvalue weighted by Crippen LogP contribution is 2.32. The Kier molecular flexibility index (Phi) is 5.28. The van der Waals surface area contributed by atoms with Crippen LogP contribution in [0.25, 0.3) is 0 Å². The van der Waals surface area contributed by atoms with Crippen molar-refractivity contribution in [3.8, 4) is 0 Å². The van der Waals surface area contributed by atoms with E-state index in [0.29, 0.717) is 5.92 Å². The van der Waals surface area contributed by atoms with Crippen molar-refractivity contribution in [2.75, 3.05) is 19.6 Å². The number of rotatable bonds is 6. The zero-order valence-corrected chi connectivity index (χ0v) is 13.5. The molecule has 2 aliphatic rings. The van der Waals surface area contributed by atoms with E-state index in [1.54, 1.807) is 0 Å². The summed E-state index contributed by atoms with van der Waals surface area (Å²) in [6.07, 6.45) is 12.9. The summed E-state index contributed by atoms with van der Waals surface area (Å²) in [5, 5.41) is 8.82. The van der Waals surface area contributed by atoms with E-state index in [1.807, 2.05) is 0 Å². The van der Waals surface area contributed by atoms with E-state index in [0.717, 1.165) is 12.5 Å². The SMILES string of the molecule is CCCCN1CCC[C@@H](Cn2cc(C3CCCC3)nn2)C1. The molecule has 4 nitrogen and oxygen atoms in total. The second-order valence-electron chi connectivity index (χ2n) is 7.01. The van der Waals surface area contributed by atoms with Gasteiger partial charge in [0.15, 0.2) is 0 Å². The molecule has 0 N–H and O–H groups in total. The topological polar surface area (TPSA) is 34.0 Å². The van der Waals surface area contributed by atoms with E-state index in [4.69, 9.17) is 0 Å². The molecule has 1 saturated carbocycles. The van der Waals surface area contributed by atoms with Gasteiger partial charge in [-0.05, 0) is 51.1 Å². The molecule has 1 atom stereocenters. The third-order valence-electron chi connectivity index (χ3n) is 5.21. The molecule has 1 aliphatic carbocycles. The van der Waals surface area contributed by atoms with Crippen LogP contribution in [0.15, 0.2) is 6.20 Å². The number of likely N-dealkylation sites (tertiary alicyclic amines) is 1. The average molecular weight is 290 g/mol. The molecule has 0 amide bonds. The van der Waals surface area contributed by atoms with Crippen LogP contribution in [0.5, 0.6) is 0 Å². The van der Waals surface area contributed by atoms with E-state index in [1.165, 1.54) is 76.7 Å². The lowest BCUT2D eigenvalue weighted by atomic mass is 9.98. The molecule has 1 aromatic rings. The van der Waals surface area contributed by atoms with Crippen molar-refractivity contribution in [1.82, 2.24) is 19.9 Å². The van der Waals surface area contributed by atoms with E-state index >= 15 is 0 Å². The van der Waals surface area contributed by atoms with Gasteiger partial charge in [0.1, 0.15) is 0 Å². The number of aromatic nitrogens is 3. The number of hydrogen-bond donors (Lipinski definition) is 0. The van der Waals surface area contributed by atoms with Crippen molar-refractivity contribution in [1.29, 1.82) is 0 Å². The van der Waals surface area contributed by atoms with Gasteiger partial charge in [-0.3, -0.25) is 4.68 Å². The maximum atomic E-state index is 4.43. The van der Waals surface area contributed by atoms with Crippen LogP contribution in [-0.4, -0.2) is 39.5 Å². The van der Waals surface area contributed by atoms with Crippen LogP contribution in [0, 0.1) is 5.92 Å². The van der Waals surface area contributed by atoms with Gasteiger partial charge < -0.3 is 4.90 Å². The molecule has 0 radical (unpaired) electrons. The highest BCUT2D eigenvalue weighted by molar-refractivity contribution is 5.03. The molecule has 4 heteroatoms. The van der Waals surface area contributed by atoms with Gasteiger partial charge in [0.2, 0.25) is 0 Å². The van der Waals surface area contributed by atoms with Gasteiger partial charge in [-0.1, -0.05) is 31.4 Å². The highest BCUT2D eigenvalue weighted by Gasteiger charge is 2.22. The van der Waals surface area contributed by atoms with Crippen LogP contribution in [0.2, 0.25) is 0 Å². The van der Waals surface area contributed by atoms with E-state index in [9.17, 15) is 0 Å². The Morgan fingerprint density at radius 3 is 2.86 bits per heavy atom. The minimum absolute atomic E-state index is 0.686. The Morgan fingerprint density at radius 2 is 2.05 bits per heavy atom. The predicted molar refractivity (Wildman–Crippen MR) is 85.3 cm³/mol. The maximum absolute atomic E-state index is 4.43. The monoisotopic (exact) mass is 290 g/mol. The van der Waals surface area contributed by atoms with Gasteiger partial charge >= 0.3 is 0 Å². The summed E-state index contributed by atoms with van der Waals surface area (Å²) in [5.74, 6) is 1.44. The van der Waals surface area contributed by atoms with Gasteiger partial charge in [0.05, 0.1) is 5.69 Å². The fraction of sp³-hybridized carbons (Fsp3) is 0.882. The summed E-state index contributed by atoms with van der Waals surface area (Å²) in [7, 11) is 0. The lowest BCUT2D eigenvalue weighted by molar-refractivity contribution is 0.157. The Bertz CT molecular complexity index is 422. The van der Waals surface area contributed by atoms with Crippen molar-refractivity contribution in [2.24, 2.45) is 5.92 Å². The molecule has 1 saturated heterocycles. The molecule has 0 bridgehead atoms. The Hall–Kier alpha value is -0.900. The van der Waals surface area contributed by atoms with Gasteiger partial charge in [-0.25, -0.2) is 0 Å². The summed E-state index contributed by atoms with van der Waals surface area (Å²) in [4.78, 5) is 2.65. The molecule has 0 spiro atoms. The third-order valence-corrected chi connectivity index (χ3v) is 5.21. The van der Waals surface area contributed by atoms with Crippen molar-refractivity contribution >= 4 is 0 Å². The smallest absolute Gasteiger partial charge is 0.0857 e. The van der Waals surface area contributed by atoms with E-state index in [2.05, 4.69) is 33.0 Å². The number of hydrogen-bond acceptors (Lipinski definition) is 3.